The van der Waals surface area contributed by atoms with Crippen LogP contribution in [-0.4, -0.2) is 76.6 Å². The van der Waals surface area contributed by atoms with Crippen LogP contribution in [0.2, 0.25) is 0 Å². The molecule has 3 rings (SSSR count). The summed E-state index contributed by atoms with van der Waals surface area (Å²) >= 11 is 0. The van der Waals surface area contributed by atoms with Crippen molar-refractivity contribution in [1.29, 1.82) is 0 Å². The van der Waals surface area contributed by atoms with Gasteiger partial charge in [-0.05, 0) is 84.9 Å². The fourth-order valence-corrected chi connectivity index (χ4v) is 4.28. The fourth-order valence-electron chi connectivity index (χ4n) is 4.28. The second-order valence-corrected chi connectivity index (χ2v) is 11.5. The van der Waals surface area contributed by atoms with Crippen molar-refractivity contribution < 1.29 is 23.8 Å². The summed E-state index contributed by atoms with van der Waals surface area (Å²) in [7, 11) is 0. The number of amides is 2. The molecule has 0 spiro atoms. The van der Waals surface area contributed by atoms with Gasteiger partial charge in [-0.2, -0.15) is 0 Å². The zero-order valence-corrected chi connectivity index (χ0v) is 22.1. The molecule has 196 valence electrons. The third kappa shape index (κ3) is 9.64. The first-order chi connectivity index (χ1) is 16.4. The quantitative estimate of drug-likeness (QED) is 0.633. The molecular weight excluding hydrogens is 448 g/mol. The van der Waals surface area contributed by atoms with Gasteiger partial charge in [-0.1, -0.05) is 0 Å². The molecule has 9 heteroatoms. The van der Waals surface area contributed by atoms with Crippen LogP contribution in [0.4, 0.5) is 15.4 Å². The maximum absolute atomic E-state index is 12.3. The Balaban J connectivity index is 1.38. The Morgan fingerprint density at radius 1 is 0.943 bits per heavy atom. The minimum atomic E-state index is -0.552. The Labute approximate surface area is 209 Å². The molecule has 2 amide bonds. The number of carbonyl (C=O) groups is 2. The van der Waals surface area contributed by atoms with Gasteiger partial charge in [0, 0.05) is 38.9 Å². The lowest BCUT2D eigenvalue weighted by Gasteiger charge is -2.37. The van der Waals surface area contributed by atoms with Crippen molar-refractivity contribution in [2.75, 3.05) is 31.5 Å². The highest BCUT2D eigenvalue weighted by Crippen LogP contribution is 2.23. The van der Waals surface area contributed by atoms with E-state index in [0.29, 0.717) is 18.9 Å². The maximum atomic E-state index is 12.3. The third-order valence-corrected chi connectivity index (χ3v) is 5.87. The van der Waals surface area contributed by atoms with Gasteiger partial charge in [-0.15, -0.1) is 0 Å². The molecule has 0 aliphatic carbocycles. The number of carbonyl (C=O) groups excluding carboxylic acids is 2. The van der Waals surface area contributed by atoms with E-state index in [1.54, 1.807) is 11.1 Å². The summed E-state index contributed by atoms with van der Waals surface area (Å²) in [4.78, 5) is 32.7. The summed E-state index contributed by atoms with van der Waals surface area (Å²) in [5.41, 5.74) is 0.0774. The normalized spacial score (nSPS) is 18.9. The van der Waals surface area contributed by atoms with Gasteiger partial charge >= 0.3 is 12.2 Å². The molecule has 0 radical (unpaired) electrons. The van der Waals surface area contributed by atoms with E-state index in [-0.39, 0.29) is 18.3 Å². The predicted molar refractivity (Wildman–Crippen MR) is 134 cm³/mol. The van der Waals surface area contributed by atoms with Crippen LogP contribution in [-0.2, 0) is 20.8 Å². The first-order valence-electron chi connectivity index (χ1n) is 12.7. The summed E-state index contributed by atoms with van der Waals surface area (Å²) in [6.45, 7) is 15.2. The predicted octanol–water partition coefficient (Wildman–Crippen LogP) is 4.81. The lowest BCUT2D eigenvalue weighted by molar-refractivity contribution is -0.0669. The summed E-state index contributed by atoms with van der Waals surface area (Å²) in [5.74, 6) is 0.493. The number of ether oxygens (including phenoxy) is 3. The molecule has 2 aliphatic heterocycles. The average molecular weight is 491 g/mol. The zero-order chi connectivity index (χ0) is 25.6. The van der Waals surface area contributed by atoms with Crippen LogP contribution in [0.3, 0.4) is 0 Å². The molecule has 2 aliphatic rings. The van der Waals surface area contributed by atoms with Crippen molar-refractivity contribution in [3.8, 4) is 0 Å². The number of pyridine rings is 1. The number of likely N-dealkylation sites (tertiary alicyclic amines) is 2. The van der Waals surface area contributed by atoms with Crippen LogP contribution in [0.15, 0.2) is 18.3 Å². The molecular formula is C26H42N4O5. The minimum Gasteiger partial charge on any atom is -0.444 e. The SMILES string of the molecule is CC(C)(C)OC(=O)Nc1cc(CN2CCC(OC3CCN(C(=O)OC(C)(C)C)CC3)CC2)ccn1. The summed E-state index contributed by atoms with van der Waals surface area (Å²) < 4.78 is 17.2. The molecule has 0 atom stereocenters. The molecule has 1 aromatic heterocycles. The Hall–Kier alpha value is -2.39. The van der Waals surface area contributed by atoms with E-state index in [1.165, 1.54) is 0 Å². The lowest BCUT2D eigenvalue weighted by Crippen LogP contribution is -2.45. The van der Waals surface area contributed by atoms with Gasteiger partial charge in [0.25, 0.3) is 0 Å². The maximum Gasteiger partial charge on any atom is 0.413 e. The first-order valence-corrected chi connectivity index (χ1v) is 12.7. The van der Waals surface area contributed by atoms with Crippen LogP contribution in [0, 0.1) is 0 Å². The average Bonchev–Trinajstić information content (AvgIpc) is 2.73. The highest BCUT2D eigenvalue weighted by molar-refractivity contribution is 5.83. The monoisotopic (exact) mass is 490 g/mol. The Kier molecular flexibility index (Phi) is 8.99. The molecule has 0 aromatic carbocycles. The molecule has 0 saturated carbocycles. The highest BCUT2D eigenvalue weighted by atomic mass is 16.6. The molecule has 1 aromatic rings. The van der Waals surface area contributed by atoms with Gasteiger partial charge in [0.2, 0.25) is 0 Å². The van der Waals surface area contributed by atoms with Gasteiger partial charge in [0.1, 0.15) is 17.0 Å². The van der Waals surface area contributed by atoms with E-state index in [1.807, 2.05) is 53.7 Å². The van der Waals surface area contributed by atoms with Crippen LogP contribution >= 0.6 is 0 Å². The van der Waals surface area contributed by atoms with Crippen molar-refractivity contribution in [1.82, 2.24) is 14.8 Å². The van der Waals surface area contributed by atoms with E-state index in [0.717, 1.165) is 50.9 Å². The zero-order valence-electron chi connectivity index (χ0n) is 22.1. The van der Waals surface area contributed by atoms with Crippen LogP contribution in [0.1, 0.15) is 72.8 Å². The molecule has 3 heterocycles. The van der Waals surface area contributed by atoms with Crippen molar-refractivity contribution in [3.63, 3.8) is 0 Å². The van der Waals surface area contributed by atoms with E-state index < -0.39 is 17.3 Å². The van der Waals surface area contributed by atoms with Crippen LogP contribution < -0.4 is 5.32 Å². The largest absolute Gasteiger partial charge is 0.444 e. The Morgan fingerprint density at radius 2 is 1.51 bits per heavy atom. The minimum absolute atomic E-state index is 0.201. The van der Waals surface area contributed by atoms with Gasteiger partial charge in [-0.3, -0.25) is 10.2 Å². The molecule has 2 saturated heterocycles. The molecule has 2 fully saturated rings. The van der Waals surface area contributed by atoms with E-state index in [2.05, 4.69) is 15.2 Å². The van der Waals surface area contributed by atoms with Crippen LogP contribution in [0.5, 0.6) is 0 Å². The summed E-state index contributed by atoms with van der Waals surface area (Å²) in [5, 5.41) is 2.71. The van der Waals surface area contributed by atoms with Gasteiger partial charge in [-0.25, -0.2) is 14.6 Å². The van der Waals surface area contributed by atoms with E-state index >= 15 is 0 Å². The molecule has 35 heavy (non-hydrogen) atoms. The van der Waals surface area contributed by atoms with Crippen molar-refractivity contribution in [2.45, 2.75) is 97.2 Å². The summed E-state index contributed by atoms with van der Waals surface area (Å²) in [6, 6.07) is 3.87. The first kappa shape index (κ1) is 27.2. The van der Waals surface area contributed by atoms with Gasteiger partial charge < -0.3 is 19.1 Å². The number of aromatic nitrogens is 1. The van der Waals surface area contributed by atoms with Crippen molar-refractivity contribution in [2.24, 2.45) is 0 Å². The lowest BCUT2D eigenvalue weighted by atomic mass is 10.0. The number of nitrogens with one attached hydrogen (secondary N) is 1. The number of piperidine rings is 2. The van der Waals surface area contributed by atoms with Crippen LogP contribution in [0.25, 0.3) is 0 Å². The number of hydrogen-bond acceptors (Lipinski definition) is 7. The van der Waals surface area contributed by atoms with Crippen molar-refractivity contribution in [3.05, 3.63) is 23.9 Å². The fraction of sp³-hybridized carbons (Fsp3) is 0.731. The Morgan fingerprint density at radius 3 is 2.09 bits per heavy atom. The second-order valence-electron chi connectivity index (χ2n) is 11.5. The third-order valence-electron chi connectivity index (χ3n) is 5.87. The number of hydrogen-bond donors (Lipinski definition) is 1. The van der Waals surface area contributed by atoms with Gasteiger partial charge in [0.15, 0.2) is 0 Å². The van der Waals surface area contributed by atoms with E-state index in [4.69, 9.17) is 14.2 Å². The second kappa shape index (κ2) is 11.6. The smallest absolute Gasteiger partial charge is 0.413 e. The highest BCUT2D eigenvalue weighted by Gasteiger charge is 2.29. The summed E-state index contributed by atoms with van der Waals surface area (Å²) in [6.07, 6.45) is 5.11. The molecule has 1 N–H and O–H groups in total. The molecule has 0 bridgehead atoms. The molecule has 0 unspecified atom stereocenters. The molecule has 9 nitrogen and oxygen atoms in total. The number of rotatable bonds is 5. The Bertz CT molecular complexity index is 848. The van der Waals surface area contributed by atoms with E-state index in [9.17, 15) is 9.59 Å². The number of anilines is 1. The topological polar surface area (TPSA) is 93.2 Å². The number of nitrogens with zero attached hydrogens (tertiary/aromatic N) is 3. The van der Waals surface area contributed by atoms with Crippen molar-refractivity contribution >= 4 is 18.0 Å². The standard InChI is InChI=1S/C26H42N4O5/c1-25(2,3)34-23(31)28-22-17-19(7-12-27-22)18-29-13-8-20(9-14-29)33-21-10-15-30(16-11-21)24(32)35-26(4,5)6/h7,12,17,20-21H,8-11,13-16,18H2,1-6H3,(H,27,28,31). The van der Waals surface area contributed by atoms with Gasteiger partial charge in [0.05, 0.1) is 12.2 Å².